The van der Waals surface area contributed by atoms with Crippen LogP contribution in [0.2, 0.25) is 0 Å². The number of halogens is 1. The molecule has 0 N–H and O–H groups in total. The SMILES string of the molecule is O=c1c2ccccc2nc(SCc2noc(-c3ccc(F)cc3)n2)n1C1CCCC1. The van der Waals surface area contributed by atoms with Crippen LogP contribution >= 0.6 is 11.8 Å². The molecule has 5 rings (SSSR count). The highest BCUT2D eigenvalue weighted by Gasteiger charge is 2.23. The van der Waals surface area contributed by atoms with Crippen LogP contribution in [0.4, 0.5) is 4.39 Å². The van der Waals surface area contributed by atoms with Crippen molar-refractivity contribution in [3.63, 3.8) is 0 Å². The Bertz CT molecular complexity index is 1250. The molecule has 2 aromatic carbocycles. The molecular weight excluding hydrogens is 403 g/mol. The Morgan fingerprint density at radius 3 is 2.63 bits per heavy atom. The van der Waals surface area contributed by atoms with E-state index in [9.17, 15) is 9.18 Å². The van der Waals surface area contributed by atoms with E-state index in [1.165, 1.54) is 23.9 Å². The summed E-state index contributed by atoms with van der Waals surface area (Å²) in [6, 6.07) is 13.5. The highest BCUT2D eigenvalue weighted by atomic mass is 32.2. The fraction of sp³-hybridized carbons (Fsp3) is 0.273. The zero-order chi connectivity index (χ0) is 20.5. The molecular formula is C22H19FN4O2S. The Hall–Kier alpha value is -3.00. The van der Waals surface area contributed by atoms with E-state index in [1.54, 1.807) is 12.1 Å². The lowest BCUT2D eigenvalue weighted by Gasteiger charge is -2.18. The Morgan fingerprint density at radius 2 is 1.83 bits per heavy atom. The van der Waals surface area contributed by atoms with Crippen molar-refractivity contribution in [1.82, 2.24) is 19.7 Å². The third-order valence-electron chi connectivity index (χ3n) is 5.35. The maximum Gasteiger partial charge on any atom is 0.262 e. The summed E-state index contributed by atoms with van der Waals surface area (Å²) in [7, 11) is 0. The minimum Gasteiger partial charge on any atom is -0.334 e. The average molecular weight is 422 g/mol. The van der Waals surface area contributed by atoms with E-state index in [-0.39, 0.29) is 17.4 Å². The van der Waals surface area contributed by atoms with Gasteiger partial charge in [-0.3, -0.25) is 9.36 Å². The van der Waals surface area contributed by atoms with Crippen LogP contribution in [0.25, 0.3) is 22.4 Å². The molecule has 152 valence electrons. The lowest BCUT2D eigenvalue weighted by molar-refractivity contribution is 0.425. The fourth-order valence-corrected chi connectivity index (χ4v) is 4.77. The highest BCUT2D eigenvalue weighted by molar-refractivity contribution is 7.98. The third kappa shape index (κ3) is 3.63. The molecule has 2 heterocycles. The van der Waals surface area contributed by atoms with Crippen molar-refractivity contribution in [3.8, 4) is 11.5 Å². The second kappa shape index (κ2) is 8.02. The standard InChI is InChI=1S/C22H19FN4O2S/c23-15-11-9-14(10-12-15)20-25-19(26-29-20)13-30-22-24-18-8-4-3-7-17(18)21(28)27(22)16-5-1-2-6-16/h3-4,7-12,16H,1-2,5-6,13H2. The molecule has 1 saturated carbocycles. The molecule has 0 unspecified atom stereocenters. The summed E-state index contributed by atoms with van der Waals surface area (Å²) in [6.45, 7) is 0. The van der Waals surface area contributed by atoms with Gasteiger partial charge in [-0.05, 0) is 49.2 Å². The van der Waals surface area contributed by atoms with Crippen LogP contribution in [-0.4, -0.2) is 19.7 Å². The summed E-state index contributed by atoms with van der Waals surface area (Å²) in [5.41, 5.74) is 1.36. The Morgan fingerprint density at radius 1 is 1.07 bits per heavy atom. The van der Waals surface area contributed by atoms with E-state index in [0.29, 0.717) is 39.1 Å². The van der Waals surface area contributed by atoms with Crippen molar-refractivity contribution in [3.05, 3.63) is 70.5 Å². The number of fused-ring (bicyclic) bond motifs is 1. The lowest BCUT2D eigenvalue weighted by Crippen LogP contribution is -2.26. The van der Waals surface area contributed by atoms with Crippen LogP contribution in [0.15, 0.2) is 63.0 Å². The van der Waals surface area contributed by atoms with Gasteiger partial charge in [-0.1, -0.05) is 41.9 Å². The molecule has 0 amide bonds. The van der Waals surface area contributed by atoms with Gasteiger partial charge in [0.1, 0.15) is 5.82 Å². The zero-order valence-electron chi connectivity index (χ0n) is 16.1. The lowest BCUT2D eigenvalue weighted by atomic mass is 10.2. The summed E-state index contributed by atoms with van der Waals surface area (Å²) in [5, 5.41) is 5.35. The first-order valence-electron chi connectivity index (χ1n) is 9.91. The molecule has 0 radical (unpaired) electrons. The highest BCUT2D eigenvalue weighted by Crippen LogP contribution is 2.33. The number of para-hydroxylation sites is 1. The van der Waals surface area contributed by atoms with Gasteiger partial charge in [0.25, 0.3) is 11.4 Å². The van der Waals surface area contributed by atoms with Gasteiger partial charge in [0.15, 0.2) is 11.0 Å². The Labute approximate surface area is 176 Å². The van der Waals surface area contributed by atoms with E-state index in [0.717, 1.165) is 25.7 Å². The number of rotatable bonds is 5. The van der Waals surface area contributed by atoms with Crippen molar-refractivity contribution < 1.29 is 8.91 Å². The van der Waals surface area contributed by atoms with Gasteiger partial charge in [-0.2, -0.15) is 4.98 Å². The number of hydrogen-bond donors (Lipinski definition) is 0. The predicted octanol–water partition coefficient (Wildman–Crippen LogP) is 4.99. The van der Waals surface area contributed by atoms with Crippen molar-refractivity contribution >= 4 is 22.7 Å². The van der Waals surface area contributed by atoms with Gasteiger partial charge in [0.05, 0.1) is 16.7 Å². The third-order valence-corrected chi connectivity index (χ3v) is 6.30. The van der Waals surface area contributed by atoms with Crippen LogP contribution in [0.3, 0.4) is 0 Å². The number of hydrogen-bond acceptors (Lipinski definition) is 6. The van der Waals surface area contributed by atoms with Gasteiger partial charge >= 0.3 is 0 Å². The normalized spacial score (nSPS) is 14.6. The minimum atomic E-state index is -0.318. The molecule has 6 nitrogen and oxygen atoms in total. The maximum atomic E-state index is 13.2. The number of nitrogens with zero attached hydrogens (tertiary/aromatic N) is 4. The summed E-state index contributed by atoms with van der Waals surface area (Å²) in [6.07, 6.45) is 4.23. The van der Waals surface area contributed by atoms with E-state index in [4.69, 9.17) is 9.51 Å². The smallest absolute Gasteiger partial charge is 0.262 e. The monoisotopic (exact) mass is 422 g/mol. The first-order chi connectivity index (χ1) is 14.7. The van der Waals surface area contributed by atoms with Crippen LogP contribution in [0.5, 0.6) is 0 Å². The van der Waals surface area contributed by atoms with Crippen LogP contribution < -0.4 is 5.56 Å². The van der Waals surface area contributed by atoms with Gasteiger partial charge < -0.3 is 4.52 Å². The van der Waals surface area contributed by atoms with E-state index in [2.05, 4.69) is 10.1 Å². The van der Waals surface area contributed by atoms with Crippen molar-refractivity contribution in [2.75, 3.05) is 0 Å². The average Bonchev–Trinajstić information content (AvgIpc) is 3.45. The van der Waals surface area contributed by atoms with E-state index in [1.807, 2.05) is 28.8 Å². The summed E-state index contributed by atoms with van der Waals surface area (Å²) < 4.78 is 20.3. The molecule has 0 atom stereocenters. The molecule has 2 aromatic heterocycles. The van der Waals surface area contributed by atoms with E-state index >= 15 is 0 Å². The fourth-order valence-electron chi connectivity index (χ4n) is 3.86. The minimum absolute atomic E-state index is 0.00936. The largest absolute Gasteiger partial charge is 0.334 e. The quantitative estimate of drug-likeness (QED) is 0.333. The van der Waals surface area contributed by atoms with Crippen LogP contribution in [-0.2, 0) is 5.75 Å². The second-order valence-electron chi connectivity index (χ2n) is 7.34. The van der Waals surface area contributed by atoms with Crippen LogP contribution in [0.1, 0.15) is 37.5 Å². The summed E-state index contributed by atoms with van der Waals surface area (Å²) in [5.74, 6) is 0.939. The van der Waals surface area contributed by atoms with Gasteiger partial charge in [-0.25, -0.2) is 9.37 Å². The van der Waals surface area contributed by atoms with E-state index < -0.39 is 0 Å². The number of aromatic nitrogens is 4. The Balaban J connectivity index is 1.44. The zero-order valence-corrected chi connectivity index (χ0v) is 16.9. The molecule has 8 heteroatoms. The Kier molecular flexibility index (Phi) is 5.08. The molecule has 30 heavy (non-hydrogen) atoms. The molecule has 1 aliphatic carbocycles. The summed E-state index contributed by atoms with van der Waals surface area (Å²) >= 11 is 1.43. The number of benzene rings is 2. The first kappa shape index (κ1) is 19.0. The molecule has 0 aliphatic heterocycles. The summed E-state index contributed by atoms with van der Waals surface area (Å²) in [4.78, 5) is 22.4. The van der Waals surface area contributed by atoms with Crippen molar-refractivity contribution in [1.29, 1.82) is 0 Å². The topological polar surface area (TPSA) is 73.8 Å². The molecule has 0 spiro atoms. The predicted molar refractivity (Wildman–Crippen MR) is 113 cm³/mol. The van der Waals surface area contributed by atoms with Crippen molar-refractivity contribution in [2.24, 2.45) is 0 Å². The van der Waals surface area contributed by atoms with Gasteiger partial charge in [0.2, 0.25) is 0 Å². The van der Waals surface area contributed by atoms with Crippen molar-refractivity contribution in [2.45, 2.75) is 42.6 Å². The van der Waals surface area contributed by atoms with Gasteiger partial charge in [-0.15, -0.1) is 0 Å². The molecule has 1 fully saturated rings. The first-order valence-corrected chi connectivity index (χ1v) is 10.9. The molecule has 0 bridgehead atoms. The number of thioether (sulfide) groups is 1. The second-order valence-corrected chi connectivity index (χ2v) is 8.28. The molecule has 1 aliphatic rings. The molecule has 0 saturated heterocycles. The maximum absolute atomic E-state index is 13.2. The van der Waals surface area contributed by atoms with Crippen LogP contribution in [0, 0.1) is 5.82 Å². The van der Waals surface area contributed by atoms with Gasteiger partial charge in [0, 0.05) is 11.6 Å². The molecule has 4 aromatic rings.